The van der Waals surface area contributed by atoms with Crippen LogP contribution in [-0.4, -0.2) is 54.2 Å². The number of ether oxygens (including phenoxy) is 2. The first-order valence-electron chi connectivity index (χ1n) is 8.29. The Morgan fingerprint density at radius 1 is 1.36 bits per heavy atom. The molecule has 2 aliphatic rings. The molecule has 6 heteroatoms. The monoisotopic (exact) mass is 314 g/mol. The third kappa shape index (κ3) is 5.74. The fourth-order valence-electron chi connectivity index (χ4n) is 3.05. The molecule has 1 saturated heterocycles. The normalized spacial score (nSPS) is 32.7. The Hall–Kier alpha value is -0.850. The minimum absolute atomic E-state index is 0.135. The molecule has 2 fully saturated rings. The van der Waals surface area contributed by atoms with E-state index in [0.29, 0.717) is 32.2 Å². The highest BCUT2D eigenvalue weighted by Crippen LogP contribution is 2.22. The largest absolute Gasteiger partial charge is 0.444 e. The van der Waals surface area contributed by atoms with E-state index in [2.05, 4.69) is 10.6 Å². The number of amides is 1. The lowest BCUT2D eigenvalue weighted by molar-refractivity contribution is 0.0228. The molecule has 6 nitrogen and oxygen atoms in total. The molecular formula is C16H30N2O4. The van der Waals surface area contributed by atoms with Gasteiger partial charge < -0.3 is 25.2 Å². The lowest BCUT2D eigenvalue weighted by atomic mass is 9.90. The van der Waals surface area contributed by atoms with Gasteiger partial charge in [-0.2, -0.15) is 0 Å². The van der Waals surface area contributed by atoms with Crippen molar-refractivity contribution in [1.82, 2.24) is 10.6 Å². The summed E-state index contributed by atoms with van der Waals surface area (Å²) in [7, 11) is 0. The van der Waals surface area contributed by atoms with Crippen LogP contribution in [0.1, 0.15) is 52.9 Å². The molecule has 3 N–H and O–H groups in total. The Labute approximate surface area is 132 Å². The summed E-state index contributed by atoms with van der Waals surface area (Å²) in [5.74, 6) is 0. The molecule has 2 rings (SSSR count). The predicted molar refractivity (Wildman–Crippen MR) is 83.8 cm³/mol. The van der Waals surface area contributed by atoms with Crippen molar-refractivity contribution in [3.8, 4) is 0 Å². The zero-order chi connectivity index (χ0) is 16.2. The molecule has 1 amide bonds. The van der Waals surface area contributed by atoms with Crippen molar-refractivity contribution in [1.29, 1.82) is 0 Å². The van der Waals surface area contributed by atoms with Gasteiger partial charge in [-0.05, 0) is 46.5 Å². The average Bonchev–Trinajstić information content (AvgIpc) is 2.82. The van der Waals surface area contributed by atoms with E-state index in [1.54, 1.807) is 0 Å². The quantitative estimate of drug-likeness (QED) is 0.734. The number of hydrogen-bond donors (Lipinski definition) is 3. The van der Waals surface area contributed by atoms with Crippen LogP contribution in [-0.2, 0) is 9.47 Å². The number of hydrogen-bond acceptors (Lipinski definition) is 5. The van der Waals surface area contributed by atoms with Crippen molar-refractivity contribution in [2.24, 2.45) is 0 Å². The summed E-state index contributed by atoms with van der Waals surface area (Å²) < 4.78 is 10.6. The van der Waals surface area contributed by atoms with Gasteiger partial charge in [-0.1, -0.05) is 0 Å². The first-order chi connectivity index (χ1) is 10.3. The van der Waals surface area contributed by atoms with Gasteiger partial charge in [-0.3, -0.25) is 0 Å². The van der Waals surface area contributed by atoms with Crippen molar-refractivity contribution in [2.75, 3.05) is 19.8 Å². The second-order valence-electron chi connectivity index (χ2n) is 7.61. The Kier molecular flexibility index (Phi) is 5.69. The number of carbonyl (C=O) groups is 1. The summed E-state index contributed by atoms with van der Waals surface area (Å²) in [6, 6.07) is 0.453. The Bertz CT molecular complexity index is 375. The van der Waals surface area contributed by atoms with Crippen LogP contribution >= 0.6 is 0 Å². The third-order valence-corrected chi connectivity index (χ3v) is 4.20. The molecule has 3 atom stereocenters. The summed E-state index contributed by atoms with van der Waals surface area (Å²) in [6.45, 7) is 7.18. The highest BCUT2D eigenvalue weighted by Gasteiger charge is 2.33. The molecule has 3 unspecified atom stereocenters. The summed E-state index contributed by atoms with van der Waals surface area (Å²) in [5.41, 5.74) is -1.20. The highest BCUT2D eigenvalue weighted by atomic mass is 16.6. The van der Waals surface area contributed by atoms with Gasteiger partial charge in [0, 0.05) is 31.7 Å². The van der Waals surface area contributed by atoms with Crippen LogP contribution in [0, 0.1) is 0 Å². The van der Waals surface area contributed by atoms with Gasteiger partial charge >= 0.3 is 6.09 Å². The molecule has 0 aromatic carbocycles. The maximum atomic E-state index is 11.8. The zero-order valence-electron chi connectivity index (χ0n) is 14.0. The van der Waals surface area contributed by atoms with Crippen LogP contribution in [0.25, 0.3) is 0 Å². The number of carbonyl (C=O) groups excluding carboxylic acids is 1. The van der Waals surface area contributed by atoms with Gasteiger partial charge in [-0.15, -0.1) is 0 Å². The molecule has 1 aliphatic heterocycles. The van der Waals surface area contributed by atoms with E-state index in [0.717, 1.165) is 25.7 Å². The van der Waals surface area contributed by atoms with Crippen molar-refractivity contribution in [3.63, 3.8) is 0 Å². The lowest BCUT2D eigenvalue weighted by Crippen LogP contribution is -2.49. The van der Waals surface area contributed by atoms with Crippen LogP contribution in [0.3, 0.4) is 0 Å². The van der Waals surface area contributed by atoms with E-state index >= 15 is 0 Å². The van der Waals surface area contributed by atoms with Gasteiger partial charge in [-0.25, -0.2) is 4.79 Å². The zero-order valence-corrected chi connectivity index (χ0v) is 14.0. The van der Waals surface area contributed by atoms with E-state index < -0.39 is 11.2 Å². The van der Waals surface area contributed by atoms with E-state index in [4.69, 9.17) is 9.47 Å². The van der Waals surface area contributed by atoms with Crippen LogP contribution in [0.4, 0.5) is 4.79 Å². The topological polar surface area (TPSA) is 79.8 Å². The first kappa shape index (κ1) is 17.5. The Morgan fingerprint density at radius 2 is 2.09 bits per heavy atom. The predicted octanol–water partition coefficient (Wildman–Crippen LogP) is 1.56. The molecule has 0 spiro atoms. The minimum Gasteiger partial charge on any atom is -0.444 e. The van der Waals surface area contributed by atoms with Gasteiger partial charge in [0.25, 0.3) is 0 Å². The third-order valence-electron chi connectivity index (χ3n) is 4.20. The lowest BCUT2D eigenvalue weighted by Gasteiger charge is -2.33. The molecule has 1 aliphatic carbocycles. The van der Waals surface area contributed by atoms with Gasteiger partial charge in [0.2, 0.25) is 0 Å². The summed E-state index contributed by atoms with van der Waals surface area (Å²) in [6.07, 6.45) is 4.32. The van der Waals surface area contributed by atoms with Gasteiger partial charge in [0.1, 0.15) is 11.2 Å². The van der Waals surface area contributed by atoms with E-state index in [-0.39, 0.29) is 12.1 Å². The van der Waals surface area contributed by atoms with Crippen molar-refractivity contribution < 1.29 is 19.4 Å². The van der Waals surface area contributed by atoms with E-state index in [1.165, 1.54) is 0 Å². The Balaban J connectivity index is 1.73. The molecule has 1 saturated carbocycles. The molecule has 0 aromatic heterocycles. The van der Waals surface area contributed by atoms with E-state index in [9.17, 15) is 9.90 Å². The average molecular weight is 314 g/mol. The number of rotatable bonds is 4. The number of alkyl carbamates (subject to hydrolysis) is 1. The maximum Gasteiger partial charge on any atom is 0.407 e. The van der Waals surface area contributed by atoms with Crippen LogP contribution in [0.5, 0.6) is 0 Å². The van der Waals surface area contributed by atoms with Crippen molar-refractivity contribution in [2.45, 2.75) is 76.2 Å². The molecule has 0 bridgehead atoms. The minimum atomic E-state index is -0.731. The molecule has 0 aromatic rings. The van der Waals surface area contributed by atoms with Crippen LogP contribution in [0.2, 0.25) is 0 Å². The Morgan fingerprint density at radius 3 is 2.73 bits per heavy atom. The summed E-state index contributed by atoms with van der Waals surface area (Å²) >= 11 is 0. The smallest absolute Gasteiger partial charge is 0.407 e. The van der Waals surface area contributed by atoms with Crippen LogP contribution < -0.4 is 10.6 Å². The molecule has 1 heterocycles. The number of nitrogens with one attached hydrogen (secondary N) is 2. The van der Waals surface area contributed by atoms with E-state index in [1.807, 2.05) is 20.8 Å². The highest BCUT2D eigenvalue weighted by molar-refractivity contribution is 5.68. The SMILES string of the molecule is CC(C)(C)OC(=O)NC1CCCC(NCC2(O)CCOC2)C1. The molecular weight excluding hydrogens is 284 g/mol. The van der Waals surface area contributed by atoms with Gasteiger partial charge in [0.15, 0.2) is 0 Å². The fraction of sp³-hybridized carbons (Fsp3) is 0.938. The second kappa shape index (κ2) is 7.15. The first-order valence-corrected chi connectivity index (χ1v) is 8.29. The standard InChI is InChI=1S/C16H30N2O4/c1-15(2,3)22-14(19)18-13-6-4-5-12(9-13)17-10-16(20)7-8-21-11-16/h12-13,17,20H,4-11H2,1-3H3,(H,18,19). The maximum absolute atomic E-state index is 11.8. The molecule has 128 valence electrons. The second-order valence-corrected chi connectivity index (χ2v) is 7.61. The summed E-state index contributed by atoms with van der Waals surface area (Å²) in [5, 5.41) is 16.7. The van der Waals surface area contributed by atoms with Crippen LogP contribution in [0.15, 0.2) is 0 Å². The molecule has 0 radical (unpaired) electrons. The van der Waals surface area contributed by atoms with Crippen molar-refractivity contribution in [3.05, 3.63) is 0 Å². The fourth-order valence-corrected chi connectivity index (χ4v) is 3.05. The number of aliphatic hydroxyl groups is 1. The summed E-state index contributed by atoms with van der Waals surface area (Å²) in [4.78, 5) is 11.8. The van der Waals surface area contributed by atoms with Crippen molar-refractivity contribution >= 4 is 6.09 Å². The molecule has 22 heavy (non-hydrogen) atoms. The van der Waals surface area contributed by atoms with Gasteiger partial charge in [0.05, 0.1) is 6.61 Å².